The Kier molecular flexibility index (Phi) is 5.98. The summed E-state index contributed by atoms with van der Waals surface area (Å²) in [7, 11) is -3.45. The van der Waals surface area contributed by atoms with Crippen LogP contribution in [0.15, 0.2) is 5.38 Å². The smallest absolute Gasteiger partial charge is 0.303 e. The Morgan fingerprint density at radius 2 is 2.10 bits per heavy atom. The SMILES string of the molecule is CCCNC(C)c1csc(NS(=O)(=O)N2CCCCC2)n1. The molecule has 1 aromatic heterocycles. The second-order valence-corrected chi connectivity index (χ2v) is 7.85. The maximum absolute atomic E-state index is 12.3. The van der Waals surface area contributed by atoms with Gasteiger partial charge in [0.2, 0.25) is 0 Å². The van der Waals surface area contributed by atoms with Gasteiger partial charge in [-0.3, -0.25) is 0 Å². The minimum atomic E-state index is -3.45. The van der Waals surface area contributed by atoms with E-state index in [1.807, 2.05) is 12.3 Å². The highest BCUT2D eigenvalue weighted by molar-refractivity contribution is 7.90. The summed E-state index contributed by atoms with van der Waals surface area (Å²) < 4.78 is 28.7. The molecule has 8 heteroatoms. The number of hydrogen-bond acceptors (Lipinski definition) is 5. The average molecular weight is 332 g/mol. The van der Waals surface area contributed by atoms with Gasteiger partial charge in [-0.1, -0.05) is 13.3 Å². The van der Waals surface area contributed by atoms with E-state index in [0.29, 0.717) is 18.2 Å². The molecule has 0 radical (unpaired) electrons. The number of aromatic nitrogens is 1. The van der Waals surface area contributed by atoms with Gasteiger partial charge in [0.05, 0.1) is 5.69 Å². The Balaban J connectivity index is 1.98. The van der Waals surface area contributed by atoms with Gasteiger partial charge in [-0.05, 0) is 32.7 Å². The Morgan fingerprint density at radius 3 is 2.76 bits per heavy atom. The lowest BCUT2D eigenvalue weighted by Gasteiger charge is -2.25. The predicted octanol–water partition coefficient (Wildman–Crippen LogP) is 2.35. The highest BCUT2D eigenvalue weighted by Crippen LogP contribution is 2.23. The predicted molar refractivity (Wildman–Crippen MR) is 86.8 cm³/mol. The second kappa shape index (κ2) is 7.53. The van der Waals surface area contributed by atoms with Crippen molar-refractivity contribution in [2.45, 2.75) is 45.6 Å². The summed E-state index contributed by atoms with van der Waals surface area (Å²) in [5.41, 5.74) is 0.879. The van der Waals surface area contributed by atoms with Crippen LogP contribution in [0.2, 0.25) is 0 Å². The summed E-state index contributed by atoms with van der Waals surface area (Å²) in [5.74, 6) is 0. The fourth-order valence-corrected chi connectivity index (χ4v) is 4.57. The summed E-state index contributed by atoms with van der Waals surface area (Å²) in [4.78, 5) is 4.38. The Labute approximate surface area is 131 Å². The van der Waals surface area contributed by atoms with Crippen LogP contribution in [-0.4, -0.2) is 37.3 Å². The summed E-state index contributed by atoms with van der Waals surface area (Å²) in [6.45, 7) is 6.27. The van der Waals surface area contributed by atoms with Crippen LogP contribution in [0.25, 0.3) is 0 Å². The fourth-order valence-electron chi connectivity index (χ4n) is 2.28. The lowest BCUT2D eigenvalue weighted by molar-refractivity contribution is 0.349. The van der Waals surface area contributed by atoms with Crippen LogP contribution < -0.4 is 10.0 Å². The normalized spacial score (nSPS) is 18.6. The van der Waals surface area contributed by atoms with Crippen LogP contribution in [0.4, 0.5) is 5.13 Å². The van der Waals surface area contributed by atoms with Gasteiger partial charge in [-0.25, -0.2) is 9.71 Å². The third-order valence-electron chi connectivity index (χ3n) is 3.54. The summed E-state index contributed by atoms with van der Waals surface area (Å²) in [6, 6.07) is 0.134. The Hall–Kier alpha value is -0.700. The van der Waals surface area contributed by atoms with Crippen LogP contribution in [0.1, 0.15) is 51.3 Å². The number of nitrogens with one attached hydrogen (secondary N) is 2. The molecule has 0 amide bonds. The van der Waals surface area contributed by atoms with Crippen molar-refractivity contribution in [1.29, 1.82) is 0 Å². The van der Waals surface area contributed by atoms with Crippen molar-refractivity contribution < 1.29 is 8.42 Å². The maximum Gasteiger partial charge on any atom is 0.303 e. The zero-order chi connectivity index (χ0) is 15.3. The van der Waals surface area contributed by atoms with Gasteiger partial charge < -0.3 is 5.32 Å². The van der Waals surface area contributed by atoms with Gasteiger partial charge in [0.1, 0.15) is 0 Å². The molecule has 0 spiro atoms. The minimum absolute atomic E-state index is 0.134. The molecule has 1 atom stereocenters. The van der Waals surface area contributed by atoms with E-state index in [1.54, 1.807) is 0 Å². The minimum Gasteiger partial charge on any atom is -0.309 e. The van der Waals surface area contributed by atoms with E-state index in [1.165, 1.54) is 15.6 Å². The molecule has 1 saturated heterocycles. The topological polar surface area (TPSA) is 74.3 Å². The highest BCUT2D eigenvalue weighted by atomic mass is 32.2. The van der Waals surface area contributed by atoms with E-state index >= 15 is 0 Å². The summed E-state index contributed by atoms with van der Waals surface area (Å²) >= 11 is 1.33. The molecule has 1 aliphatic heterocycles. The van der Waals surface area contributed by atoms with Gasteiger partial charge in [0, 0.05) is 24.5 Å². The van der Waals surface area contributed by atoms with Gasteiger partial charge in [-0.15, -0.1) is 11.3 Å². The number of hydrogen-bond donors (Lipinski definition) is 2. The third kappa shape index (κ3) is 4.64. The first-order valence-corrected chi connectivity index (χ1v) is 9.81. The number of anilines is 1. The fraction of sp³-hybridized carbons (Fsp3) is 0.769. The first kappa shape index (κ1) is 16.7. The van der Waals surface area contributed by atoms with Crippen molar-refractivity contribution in [3.63, 3.8) is 0 Å². The first-order chi connectivity index (χ1) is 10.0. The van der Waals surface area contributed by atoms with E-state index in [0.717, 1.165) is 37.9 Å². The molecular formula is C13H24N4O2S2. The van der Waals surface area contributed by atoms with Crippen molar-refractivity contribution in [2.24, 2.45) is 0 Å². The molecule has 2 heterocycles. The molecule has 1 fully saturated rings. The molecule has 120 valence electrons. The molecule has 1 aliphatic rings. The average Bonchev–Trinajstić information content (AvgIpc) is 2.93. The zero-order valence-corrected chi connectivity index (χ0v) is 14.3. The van der Waals surface area contributed by atoms with Crippen LogP contribution in [0.3, 0.4) is 0 Å². The highest BCUT2D eigenvalue weighted by Gasteiger charge is 2.24. The van der Waals surface area contributed by atoms with Crippen LogP contribution >= 0.6 is 11.3 Å². The van der Waals surface area contributed by atoms with E-state index in [2.05, 4.69) is 21.9 Å². The van der Waals surface area contributed by atoms with E-state index in [9.17, 15) is 8.42 Å². The van der Waals surface area contributed by atoms with Gasteiger partial charge in [-0.2, -0.15) is 12.7 Å². The van der Waals surface area contributed by atoms with E-state index < -0.39 is 10.2 Å². The molecule has 0 saturated carbocycles. The molecule has 1 unspecified atom stereocenters. The lowest BCUT2D eigenvalue weighted by Crippen LogP contribution is -2.39. The molecular weight excluding hydrogens is 308 g/mol. The van der Waals surface area contributed by atoms with Crippen molar-refractivity contribution in [3.05, 3.63) is 11.1 Å². The van der Waals surface area contributed by atoms with E-state index in [-0.39, 0.29) is 6.04 Å². The number of rotatable bonds is 7. The molecule has 6 nitrogen and oxygen atoms in total. The molecule has 1 aromatic rings. The molecule has 0 aliphatic carbocycles. The standard InChI is InChI=1S/C13H24N4O2S2/c1-3-7-14-11(2)12-10-20-13(15-12)16-21(18,19)17-8-5-4-6-9-17/h10-11,14H,3-9H2,1-2H3,(H,15,16). The Morgan fingerprint density at radius 1 is 1.38 bits per heavy atom. The monoisotopic (exact) mass is 332 g/mol. The van der Waals surface area contributed by atoms with Crippen molar-refractivity contribution in [1.82, 2.24) is 14.6 Å². The molecule has 2 rings (SSSR count). The Bertz CT molecular complexity index is 538. The first-order valence-electron chi connectivity index (χ1n) is 7.49. The lowest BCUT2D eigenvalue weighted by atomic mass is 10.2. The van der Waals surface area contributed by atoms with Crippen LogP contribution in [0.5, 0.6) is 0 Å². The molecule has 2 N–H and O–H groups in total. The van der Waals surface area contributed by atoms with Crippen molar-refractivity contribution in [3.8, 4) is 0 Å². The largest absolute Gasteiger partial charge is 0.309 e. The van der Waals surface area contributed by atoms with Crippen molar-refractivity contribution in [2.75, 3.05) is 24.4 Å². The maximum atomic E-state index is 12.3. The molecule has 0 bridgehead atoms. The number of thiazole rings is 1. The second-order valence-electron chi connectivity index (χ2n) is 5.32. The summed E-state index contributed by atoms with van der Waals surface area (Å²) in [6.07, 6.45) is 4.03. The molecule has 0 aromatic carbocycles. The van der Waals surface area contributed by atoms with Crippen molar-refractivity contribution >= 4 is 26.7 Å². The zero-order valence-electron chi connectivity index (χ0n) is 12.6. The van der Waals surface area contributed by atoms with Gasteiger partial charge >= 0.3 is 10.2 Å². The summed E-state index contributed by atoms with van der Waals surface area (Å²) in [5, 5.41) is 5.69. The number of nitrogens with zero attached hydrogens (tertiary/aromatic N) is 2. The number of piperidine rings is 1. The third-order valence-corrected chi connectivity index (χ3v) is 5.94. The van der Waals surface area contributed by atoms with Gasteiger partial charge in [0.25, 0.3) is 0 Å². The van der Waals surface area contributed by atoms with E-state index in [4.69, 9.17) is 0 Å². The van der Waals surface area contributed by atoms with Crippen LogP contribution in [0, 0.1) is 0 Å². The van der Waals surface area contributed by atoms with Crippen LogP contribution in [-0.2, 0) is 10.2 Å². The molecule has 21 heavy (non-hydrogen) atoms. The quantitative estimate of drug-likeness (QED) is 0.804. The van der Waals surface area contributed by atoms with Gasteiger partial charge in [0.15, 0.2) is 5.13 Å².